The van der Waals surface area contributed by atoms with Gasteiger partial charge in [0.15, 0.2) is 0 Å². The molecule has 7 heteroatoms. The lowest BCUT2D eigenvalue weighted by atomic mass is 10.2. The molecule has 1 heterocycles. The molecule has 0 aromatic rings. The number of hydrogen-bond acceptors (Lipinski definition) is 5. The Hall–Kier alpha value is -1.18. The van der Waals surface area contributed by atoms with E-state index < -0.39 is 12.0 Å². The molecule has 0 bridgehead atoms. The van der Waals surface area contributed by atoms with Crippen LogP contribution in [0.25, 0.3) is 0 Å². The van der Waals surface area contributed by atoms with Crippen LogP contribution in [0.3, 0.4) is 0 Å². The van der Waals surface area contributed by atoms with Crippen LogP contribution < -0.4 is 0 Å². The Balaban J connectivity index is 2.69. The van der Waals surface area contributed by atoms with Gasteiger partial charge in [-0.05, 0) is 19.8 Å². The molecular formula is C14H26N2O5. The van der Waals surface area contributed by atoms with Crippen molar-refractivity contribution < 1.29 is 24.2 Å². The summed E-state index contributed by atoms with van der Waals surface area (Å²) in [6, 6.07) is -1.07. The zero-order valence-electron chi connectivity index (χ0n) is 13.1. The van der Waals surface area contributed by atoms with E-state index in [1.165, 1.54) is 4.90 Å². The number of carbonyl (C=O) groups excluding carboxylic acids is 1. The van der Waals surface area contributed by atoms with Gasteiger partial charge in [-0.15, -0.1) is 0 Å². The van der Waals surface area contributed by atoms with Gasteiger partial charge < -0.3 is 19.5 Å². The van der Waals surface area contributed by atoms with Crippen molar-refractivity contribution in [3.63, 3.8) is 0 Å². The molecule has 1 aliphatic rings. The number of likely N-dealkylation sites (tertiary alicyclic amines) is 1. The summed E-state index contributed by atoms with van der Waals surface area (Å²) in [6.45, 7) is 4.58. The number of nitrogens with zero attached hydrogens (tertiary/aromatic N) is 2. The zero-order valence-corrected chi connectivity index (χ0v) is 13.1. The fourth-order valence-electron chi connectivity index (χ4n) is 2.60. The SMILES string of the molecule is COCCN(CCOC)C(C)C(=O)N1CCCC1C(=O)O. The van der Waals surface area contributed by atoms with Crippen molar-refractivity contribution in [2.75, 3.05) is 47.1 Å². The summed E-state index contributed by atoms with van der Waals surface area (Å²) in [7, 11) is 3.23. The largest absolute Gasteiger partial charge is 0.480 e. The van der Waals surface area contributed by atoms with Crippen molar-refractivity contribution in [3.05, 3.63) is 0 Å². The molecule has 1 amide bonds. The quantitative estimate of drug-likeness (QED) is 0.648. The van der Waals surface area contributed by atoms with Crippen LogP contribution in [0.4, 0.5) is 0 Å². The number of aliphatic carboxylic acids is 1. The summed E-state index contributed by atoms with van der Waals surface area (Å²) in [4.78, 5) is 27.2. The van der Waals surface area contributed by atoms with Crippen molar-refractivity contribution in [2.24, 2.45) is 0 Å². The minimum absolute atomic E-state index is 0.132. The zero-order chi connectivity index (χ0) is 15.8. The van der Waals surface area contributed by atoms with Gasteiger partial charge in [-0.2, -0.15) is 0 Å². The number of methoxy groups -OCH3 is 2. The normalized spacial score (nSPS) is 20.0. The van der Waals surface area contributed by atoms with Gasteiger partial charge in [0, 0.05) is 33.9 Å². The number of ether oxygens (including phenoxy) is 2. The third-order valence-corrected chi connectivity index (χ3v) is 3.89. The highest BCUT2D eigenvalue weighted by atomic mass is 16.5. The fraction of sp³-hybridized carbons (Fsp3) is 0.857. The predicted octanol–water partition coefficient (Wildman–Crippen LogP) is 0.0453. The summed E-state index contributed by atoms with van der Waals surface area (Å²) in [6.07, 6.45) is 1.27. The second kappa shape index (κ2) is 8.96. The first kappa shape index (κ1) is 17.9. The Labute approximate surface area is 125 Å². The van der Waals surface area contributed by atoms with E-state index in [1.54, 1.807) is 14.2 Å². The van der Waals surface area contributed by atoms with Crippen LogP contribution in [0.15, 0.2) is 0 Å². The highest BCUT2D eigenvalue weighted by Crippen LogP contribution is 2.19. The summed E-state index contributed by atoms with van der Waals surface area (Å²) in [5.41, 5.74) is 0. The van der Waals surface area contributed by atoms with Gasteiger partial charge in [0.05, 0.1) is 19.3 Å². The van der Waals surface area contributed by atoms with Gasteiger partial charge >= 0.3 is 5.97 Å². The van der Waals surface area contributed by atoms with Gasteiger partial charge in [0.1, 0.15) is 6.04 Å². The average molecular weight is 302 g/mol. The van der Waals surface area contributed by atoms with Crippen molar-refractivity contribution in [1.82, 2.24) is 9.80 Å². The van der Waals surface area contributed by atoms with Crippen LogP contribution >= 0.6 is 0 Å². The molecule has 1 rings (SSSR count). The molecule has 1 N–H and O–H groups in total. The maximum Gasteiger partial charge on any atom is 0.326 e. The van der Waals surface area contributed by atoms with E-state index in [-0.39, 0.29) is 11.9 Å². The van der Waals surface area contributed by atoms with Gasteiger partial charge in [0.25, 0.3) is 0 Å². The molecule has 1 aliphatic heterocycles. The molecule has 0 saturated carbocycles. The van der Waals surface area contributed by atoms with Gasteiger partial charge in [-0.1, -0.05) is 0 Å². The first-order chi connectivity index (χ1) is 10.0. The molecule has 0 aromatic carbocycles. The monoisotopic (exact) mass is 302 g/mol. The van der Waals surface area contributed by atoms with E-state index in [1.807, 2.05) is 11.8 Å². The Morgan fingerprint density at radius 1 is 1.29 bits per heavy atom. The molecule has 7 nitrogen and oxygen atoms in total. The topological polar surface area (TPSA) is 79.3 Å². The number of amides is 1. The van der Waals surface area contributed by atoms with Crippen LogP contribution in [-0.2, 0) is 19.1 Å². The van der Waals surface area contributed by atoms with Gasteiger partial charge in [-0.3, -0.25) is 9.69 Å². The Bertz CT molecular complexity index is 342. The minimum atomic E-state index is -0.923. The first-order valence-corrected chi connectivity index (χ1v) is 7.28. The second-order valence-electron chi connectivity index (χ2n) is 5.23. The van der Waals surface area contributed by atoms with Crippen LogP contribution in [0.2, 0.25) is 0 Å². The average Bonchev–Trinajstić information content (AvgIpc) is 2.95. The van der Waals surface area contributed by atoms with E-state index in [9.17, 15) is 14.7 Å². The molecule has 0 aliphatic carbocycles. The van der Waals surface area contributed by atoms with E-state index >= 15 is 0 Å². The van der Waals surface area contributed by atoms with Crippen LogP contribution in [-0.4, -0.2) is 85.9 Å². The lowest BCUT2D eigenvalue weighted by Gasteiger charge is -2.32. The first-order valence-electron chi connectivity index (χ1n) is 7.28. The molecule has 1 saturated heterocycles. The Morgan fingerprint density at radius 2 is 1.86 bits per heavy atom. The summed E-state index contributed by atoms with van der Waals surface area (Å²) >= 11 is 0. The number of carboxylic acids is 1. The van der Waals surface area contributed by atoms with E-state index in [0.29, 0.717) is 39.3 Å². The predicted molar refractivity (Wildman–Crippen MR) is 77.2 cm³/mol. The molecule has 0 spiro atoms. The molecule has 0 aromatic heterocycles. The Morgan fingerprint density at radius 3 is 2.33 bits per heavy atom. The number of carbonyl (C=O) groups is 2. The maximum absolute atomic E-state index is 12.6. The lowest BCUT2D eigenvalue weighted by Crippen LogP contribution is -2.51. The molecule has 2 unspecified atom stereocenters. The minimum Gasteiger partial charge on any atom is -0.480 e. The summed E-state index contributed by atoms with van der Waals surface area (Å²) in [5.74, 6) is -1.06. The molecular weight excluding hydrogens is 276 g/mol. The van der Waals surface area contributed by atoms with Crippen LogP contribution in [0, 0.1) is 0 Å². The van der Waals surface area contributed by atoms with E-state index in [4.69, 9.17) is 9.47 Å². The van der Waals surface area contributed by atoms with Crippen molar-refractivity contribution in [2.45, 2.75) is 31.8 Å². The highest BCUT2D eigenvalue weighted by molar-refractivity contribution is 5.87. The number of rotatable bonds is 9. The number of carboxylic acid groups (broad SMARTS) is 1. The van der Waals surface area contributed by atoms with E-state index in [0.717, 1.165) is 6.42 Å². The smallest absolute Gasteiger partial charge is 0.326 e. The van der Waals surface area contributed by atoms with Crippen molar-refractivity contribution in [1.29, 1.82) is 0 Å². The molecule has 21 heavy (non-hydrogen) atoms. The maximum atomic E-state index is 12.6. The third kappa shape index (κ3) is 4.94. The van der Waals surface area contributed by atoms with Crippen molar-refractivity contribution >= 4 is 11.9 Å². The molecule has 1 fully saturated rings. The van der Waals surface area contributed by atoms with Crippen LogP contribution in [0.5, 0.6) is 0 Å². The lowest BCUT2D eigenvalue weighted by molar-refractivity contribution is -0.150. The number of hydrogen-bond donors (Lipinski definition) is 1. The van der Waals surface area contributed by atoms with Gasteiger partial charge in [0.2, 0.25) is 5.91 Å². The molecule has 0 radical (unpaired) electrons. The summed E-state index contributed by atoms with van der Waals surface area (Å²) < 4.78 is 10.1. The van der Waals surface area contributed by atoms with Gasteiger partial charge in [-0.25, -0.2) is 4.79 Å². The highest BCUT2D eigenvalue weighted by Gasteiger charge is 2.37. The van der Waals surface area contributed by atoms with Crippen molar-refractivity contribution in [3.8, 4) is 0 Å². The van der Waals surface area contributed by atoms with E-state index in [2.05, 4.69) is 0 Å². The molecule has 122 valence electrons. The fourth-order valence-corrected chi connectivity index (χ4v) is 2.60. The van der Waals surface area contributed by atoms with Crippen LogP contribution in [0.1, 0.15) is 19.8 Å². The third-order valence-electron chi connectivity index (χ3n) is 3.89. The molecule has 2 atom stereocenters. The Kier molecular flexibility index (Phi) is 7.63. The summed E-state index contributed by atoms with van der Waals surface area (Å²) in [5, 5.41) is 9.19. The second-order valence-corrected chi connectivity index (χ2v) is 5.23. The standard InChI is InChI=1S/C14H26N2O5/c1-11(15(7-9-20-2)8-10-21-3)13(17)16-6-4-5-12(16)14(18)19/h11-12H,4-10H2,1-3H3,(H,18,19).